The van der Waals surface area contributed by atoms with Crippen LogP contribution in [0.4, 0.5) is 0 Å². The molecule has 1 saturated heterocycles. The van der Waals surface area contributed by atoms with Gasteiger partial charge in [0, 0.05) is 25.6 Å². The van der Waals surface area contributed by atoms with Crippen LogP contribution in [0.25, 0.3) is 0 Å². The number of nitrogens with one attached hydrogen (secondary N) is 2. The van der Waals surface area contributed by atoms with Gasteiger partial charge in [-0.2, -0.15) is 4.31 Å². The van der Waals surface area contributed by atoms with E-state index in [4.69, 9.17) is 0 Å². The maximum atomic E-state index is 12.8. The zero-order chi connectivity index (χ0) is 21.6. The highest BCUT2D eigenvalue weighted by Crippen LogP contribution is 2.24. The van der Waals surface area contributed by atoms with Crippen LogP contribution >= 0.6 is 0 Å². The van der Waals surface area contributed by atoms with Gasteiger partial charge in [-0.1, -0.05) is 48.0 Å². The molecule has 1 heterocycles. The lowest BCUT2D eigenvalue weighted by Crippen LogP contribution is -2.45. The molecule has 1 aliphatic heterocycles. The topological polar surface area (TPSA) is 95.6 Å². The fourth-order valence-electron chi connectivity index (χ4n) is 3.39. The van der Waals surface area contributed by atoms with Gasteiger partial charge in [-0.15, -0.1) is 0 Å². The van der Waals surface area contributed by atoms with Crippen LogP contribution in [0.2, 0.25) is 0 Å². The Labute approximate surface area is 177 Å². The number of amides is 2. The van der Waals surface area contributed by atoms with E-state index in [0.29, 0.717) is 19.4 Å². The van der Waals surface area contributed by atoms with Gasteiger partial charge in [0.2, 0.25) is 21.8 Å². The van der Waals surface area contributed by atoms with Gasteiger partial charge < -0.3 is 10.6 Å². The van der Waals surface area contributed by atoms with Gasteiger partial charge in [-0.3, -0.25) is 9.59 Å². The monoisotopic (exact) mass is 429 g/mol. The van der Waals surface area contributed by atoms with Crippen molar-refractivity contribution in [2.45, 2.75) is 31.2 Å². The fourth-order valence-corrected chi connectivity index (χ4v) is 4.86. The van der Waals surface area contributed by atoms with Gasteiger partial charge in [-0.05, 0) is 37.5 Å². The summed E-state index contributed by atoms with van der Waals surface area (Å²) in [6.45, 7) is 2.80. The predicted octanol–water partition coefficient (Wildman–Crippen LogP) is 1.83. The number of sulfonamides is 1. The molecule has 0 atom stereocenters. The minimum atomic E-state index is -3.55. The largest absolute Gasteiger partial charge is 0.350 e. The van der Waals surface area contributed by atoms with Crippen LogP contribution in [-0.4, -0.2) is 44.2 Å². The maximum absolute atomic E-state index is 12.8. The Kier molecular flexibility index (Phi) is 7.23. The third-order valence-electron chi connectivity index (χ3n) is 5.24. The molecule has 2 aromatic carbocycles. The van der Waals surface area contributed by atoms with E-state index in [1.54, 1.807) is 24.3 Å². The number of piperidine rings is 1. The minimum absolute atomic E-state index is 0.0897. The quantitative estimate of drug-likeness (QED) is 0.702. The molecule has 0 radical (unpaired) electrons. The average molecular weight is 430 g/mol. The number of hydrogen-bond acceptors (Lipinski definition) is 4. The van der Waals surface area contributed by atoms with Crippen molar-refractivity contribution in [3.8, 4) is 0 Å². The lowest BCUT2D eigenvalue weighted by molar-refractivity contribution is -0.129. The first kappa shape index (κ1) is 22.0. The Hall–Kier alpha value is -2.71. The predicted molar refractivity (Wildman–Crippen MR) is 114 cm³/mol. The Morgan fingerprint density at radius 3 is 2.23 bits per heavy atom. The molecule has 2 aromatic rings. The molecule has 2 amide bonds. The summed E-state index contributed by atoms with van der Waals surface area (Å²) < 4.78 is 26.9. The summed E-state index contributed by atoms with van der Waals surface area (Å²) in [5.41, 5.74) is 1.98. The second-order valence-corrected chi connectivity index (χ2v) is 9.41. The van der Waals surface area contributed by atoms with Gasteiger partial charge >= 0.3 is 0 Å². The summed E-state index contributed by atoms with van der Waals surface area (Å²) in [4.78, 5) is 24.6. The standard InChI is InChI=1S/C22H27N3O4S/c1-17-7-9-20(10-8-17)30(28,29)25-13-11-19(12-14-25)22(27)24-16-21(26)23-15-18-5-3-2-4-6-18/h2-10,19H,11-16H2,1H3,(H,23,26)(H,24,27). The van der Waals surface area contributed by atoms with E-state index >= 15 is 0 Å². The summed E-state index contributed by atoms with van der Waals surface area (Å²) in [5, 5.41) is 5.43. The third kappa shape index (κ3) is 5.67. The van der Waals surface area contributed by atoms with E-state index in [-0.39, 0.29) is 42.3 Å². The molecule has 0 saturated carbocycles. The van der Waals surface area contributed by atoms with E-state index in [1.165, 1.54) is 4.31 Å². The van der Waals surface area contributed by atoms with Crippen LogP contribution in [0, 0.1) is 12.8 Å². The molecule has 0 unspecified atom stereocenters. The van der Waals surface area contributed by atoms with E-state index < -0.39 is 10.0 Å². The van der Waals surface area contributed by atoms with Crippen LogP contribution < -0.4 is 10.6 Å². The zero-order valence-corrected chi connectivity index (χ0v) is 17.8. The van der Waals surface area contributed by atoms with E-state index in [9.17, 15) is 18.0 Å². The van der Waals surface area contributed by atoms with Gasteiger partial charge in [0.25, 0.3) is 0 Å². The number of carbonyl (C=O) groups is 2. The summed E-state index contributed by atoms with van der Waals surface area (Å²) in [5.74, 6) is -0.764. The first-order valence-electron chi connectivity index (χ1n) is 10.0. The number of benzene rings is 2. The molecule has 160 valence electrons. The van der Waals surface area contributed by atoms with Gasteiger partial charge in [0.1, 0.15) is 0 Å². The highest BCUT2D eigenvalue weighted by molar-refractivity contribution is 7.89. The molecule has 2 N–H and O–H groups in total. The molecule has 8 heteroatoms. The Bertz CT molecular complexity index is 967. The van der Waals surface area contributed by atoms with E-state index in [0.717, 1.165) is 11.1 Å². The minimum Gasteiger partial charge on any atom is -0.350 e. The number of rotatable bonds is 7. The molecule has 3 rings (SSSR count). The van der Waals surface area contributed by atoms with Gasteiger partial charge in [0.05, 0.1) is 11.4 Å². The van der Waals surface area contributed by atoms with E-state index in [1.807, 2.05) is 37.3 Å². The first-order valence-corrected chi connectivity index (χ1v) is 11.5. The van der Waals surface area contributed by atoms with Crippen molar-refractivity contribution in [2.75, 3.05) is 19.6 Å². The van der Waals surface area contributed by atoms with Gasteiger partial charge in [-0.25, -0.2) is 8.42 Å². The Morgan fingerprint density at radius 1 is 0.967 bits per heavy atom. The van der Waals surface area contributed by atoms with Crippen molar-refractivity contribution in [3.63, 3.8) is 0 Å². The fraction of sp³-hybridized carbons (Fsp3) is 0.364. The molecule has 0 bridgehead atoms. The SMILES string of the molecule is Cc1ccc(S(=O)(=O)N2CCC(C(=O)NCC(=O)NCc3ccccc3)CC2)cc1. The van der Waals surface area contributed by atoms with Crippen LogP contribution in [0.15, 0.2) is 59.5 Å². The van der Waals surface area contributed by atoms with Crippen LogP contribution in [0.5, 0.6) is 0 Å². The molecule has 30 heavy (non-hydrogen) atoms. The van der Waals surface area contributed by atoms with Crippen molar-refractivity contribution in [1.29, 1.82) is 0 Å². The normalized spacial score (nSPS) is 15.5. The van der Waals surface area contributed by atoms with Crippen LogP contribution in [-0.2, 0) is 26.2 Å². The highest BCUT2D eigenvalue weighted by Gasteiger charge is 2.32. The van der Waals surface area contributed by atoms with Crippen LogP contribution in [0.3, 0.4) is 0 Å². The molecule has 0 aromatic heterocycles. The molecular weight excluding hydrogens is 402 g/mol. The van der Waals surface area contributed by atoms with Crippen molar-refractivity contribution >= 4 is 21.8 Å². The van der Waals surface area contributed by atoms with Crippen LogP contribution in [0.1, 0.15) is 24.0 Å². The number of carbonyl (C=O) groups excluding carboxylic acids is 2. The first-order chi connectivity index (χ1) is 14.4. The Morgan fingerprint density at radius 2 is 1.60 bits per heavy atom. The number of nitrogens with zero attached hydrogens (tertiary/aromatic N) is 1. The molecule has 7 nitrogen and oxygen atoms in total. The molecule has 1 fully saturated rings. The van der Waals surface area contributed by atoms with Gasteiger partial charge in [0.15, 0.2) is 0 Å². The Balaban J connectivity index is 1.43. The molecule has 0 spiro atoms. The lowest BCUT2D eigenvalue weighted by atomic mass is 9.97. The van der Waals surface area contributed by atoms with Crippen molar-refractivity contribution in [3.05, 3.63) is 65.7 Å². The summed E-state index contributed by atoms with van der Waals surface area (Å²) in [6.07, 6.45) is 0.866. The van der Waals surface area contributed by atoms with Crippen molar-refractivity contribution in [1.82, 2.24) is 14.9 Å². The van der Waals surface area contributed by atoms with Crippen molar-refractivity contribution in [2.24, 2.45) is 5.92 Å². The number of hydrogen-bond donors (Lipinski definition) is 2. The van der Waals surface area contributed by atoms with E-state index in [2.05, 4.69) is 10.6 Å². The second kappa shape index (κ2) is 9.86. The molecule has 1 aliphatic rings. The summed E-state index contributed by atoms with van der Waals surface area (Å²) in [7, 11) is -3.55. The maximum Gasteiger partial charge on any atom is 0.243 e. The third-order valence-corrected chi connectivity index (χ3v) is 7.15. The summed E-state index contributed by atoms with van der Waals surface area (Å²) >= 11 is 0. The summed E-state index contributed by atoms with van der Waals surface area (Å²) in [6, 6.07) is 16.3. The molecule has 0 aliphatic carbocycles. The average Bonchev–Trinajstić information content (AvgIpc) is 2.77. The van der Waals surface area contributed by atoms with Crippen molar-refractivity contribution < 1.29 is 18.0 Å². The second-order valence-electron chi connectivity index (χ2n) is 7.47. The lowest BCUT2D eigenvalue weighted by Gasteiger charge is -2.30. The zero-order valence-electron chi connectivity index (χ0n) is 17.0. The smallest absolute Gasteiger partial charge is 0.243 e. The molecular formula is C22H27N3O4S. The highest BCUT2D eigenvalue weighted by atomic mass is 32.2. The number of aryl methyl sites for hydroxylation is 1.